The zero-order valence-corrected chi connectivity index (χ0v) is 9.46. The molecule has 1 heterocycles. The molecule has 0 aliphatic heterocycles. The Bertz CT molecular complexity index is 311. The molecule has 5 heteroatoms. The number of aromatic nitrogens is 2. The van der Waals surface area contributed by atoms with Crippen molar-refractivity contribution >= 4 is 10.8 Å². The highest BCUT2D eigenvalue weighted by Crippen LogP contribution is 2.05. The van der Waals surface area contributed by atoms with Gasteiger partial charge in [-0.1, -0.05) is 6.92 Å². The van der Waals surface area contributed by atoms with Crippen molar-refractivity contribution in [1.82, 2.24) is 9.55 Å². The summed E-state index contributed by atoms with van der Waals surface area (Å²) in [5.74, 6) is 0. The van der Waals surface area contributed by atoms with Crippen LogP contribution in [0.5, 0.6) is 0 Å². The molecule has 0 amide bonds. The third kappa shape index (κ3) is 2.92. The van der Waals surface area contributed by atoms with Crippen molar-refractivity contribution in [3.8, 4) is 0 Å². The Kier molecular flexibility index (Phi) is 4.28. The maximum absolute atomic E-state index is 11.1. The van der Waals surface area contributed by atoms with Gasteiger partial charge in [-0.05, 0) is 6.42 Å². The van der Waals surface area contributed by atoms with Crippen molar-refractivity contribution in [1.29, 1.82) is 0 Å². The molecule has 0 spiro atoms. The van der Waals surface area contributed by atoms with Crippen molar-refractivity contribution < 1.29 is 4.21 Å². The van der Waals surface area contributed by atoms with Crippen LogP contribution in [0, 0.1) is 0 Å². The van der Waals surface area contributed by atoms with Crippen LogP contribution in [0.1, 0.15) is 19.0 Å². The molecule has 1 aromatic heterocycles. The van der Waals surface area contributed by atoms with Crippen LogP contribution >= 0.6 is 0 Å². The quantitative estimate of drug-likeness (QED) is 0.778. The summed E-state index contributed by atoms with van der Waals surface area (Å²) in [7, 11) is -0.745. The zero-order chi connectivity index (χ0) is 10.6. The molecule has 0 radical (unpaired) electrons. The van der Waals surface area contributed by atoms with Gasteiger partial charge in [0.2, 0.25) is 0 Å². The highest BCUT2D eigenvalue weighted by atomic mass is 32.2. The molecule has 80 valence electrons. The number of rotatable bonds is 5. The predicted molar refractivity (Wildman–Crippen MR) is 58.3 cm³/mol. The summed E-state index contributed by atoms with van der Waals surface area (Å²) < 4.78 is 13.1. The second kappa shape index (κ2) is 5.26. The Morgan fingerprint density at radius 1 is 1.71 bits per heavy atom. The number of nitrogens with zero attached hydrogens (tertiary/aromatic N) is 2. The van der Waals surface area contributed by atoms with Gasteiger partial charge in [0.1, 0.15) is 0 Å². The average Bonchev–Trinajstić information content (AvgIpc) is 2.60. The molecule has 0 aliphatic carbocycles. The van der Waals surface area contributed by atoms with Crippen LogP contribution in [0.4, 0.5) is 0 Å². The van der Waals surface area contributed by atoms with E-state index < -0.39 is 10.8 Å². The Hall–Kier alpha value is -0.680. The first-order chi connectivity index (χ1) is 6.65. The smallest absolute Gasteiger partial charge is 0.0948 e. The molecular weight excluding hydrogens is 198 g/mol. The fraction of sp³-hybridized carbons (Fsp3) is 0.667. The minimum atomic E-state index is -0.745. The highest BCUT2D eigenvalue weighted by Gasteiger charge is 2.07. The van der Waals surface area contributed by atoms with E-state index in [0.717, 1.165) is 18.7 Å². The lowest BCUT2D eigenvalue weighted by atomic mass is 10.3. The van der Waals surface area contributed by atoms with Crippen LogP contribution in [0.15, 0.2) is 12.5 Å². The first kappa shape index (κ1) is 11.4. The van der Waals surface area contributed by atoms with Crippen LogP contribution in [0.25, 0.3) is 0 Å². The molecule has 2 unspecified atom stereocenters. The summed E-state index contributed by atoms with van der Waals surface area (Å²) in [6.07, 6.45) is 6.18. The van der Waals surface area contributed by atoms with Gasteiger partial charge in [-0.2, -0.15) is 0 Å². The summed E-state index contributed by atoms with van der Waals surface area (Å²) in [6, 6.07) is 0. The molecule has 1 aromatic rings. The normalized spacial score (nSPS) is 15.4. The maximum Gasteiger partial charge on any atom is 0.0948 e. The molecule has 2 atom stereocenters. The molecule has 0 fully saturated rings. The number of hydrogen-bond acceptors (Lipinski definition) is 3. The van der Waals surface area contributed by atoms with E-state index in [1.165, 1.54) is 0 Å². The summed E-state index contributed by atoms with van der Waals surface area (Å²) in [6.45, 7) is 3.34. The molecule has 0 aromatic carbocycles. The lowest BCUT2D eigenvalue weighted by Gasteiger charge is -2.10. The Balaban J connectivity index is 2.49. The Morgan fingerprint density at radius 2 is 2.43 bits per heavy atom. The number of aryl methyl sites for hydroxylation is 1. The van der Waals surface area contributed by atoms with Crippen molar-refractivity contribution in [3.05, 3.63) is 18.2 Å². The van der Waals surface area contributed by atoms with Crippen molar-refractivity contribution in [2.75, 3.05) is 6.26 Å². The van der Waals surface area contributed by atoms with Crippen molar-refractivity contribution in [2.45, 2.75) is 31.7 Å². The van der Waals surface area contributed by atoms with E-state index in [1.807, 2.05) is 11.5 Å². The van der Waals surface area contributed by atoms with E-state index in [1.54, 1.807) is 18.8 Å². The molecule has 0 aliphatic rings. The van der Waals surface area contributed by atoms with Gasteiger partial charge in [0.25, 0.3) is 0 Å². The lowest BCUT2D eigenvalue weighted by molar-refractivity contribution is 0.602. The van der Waals surface area contributed by atoms with Gasteiger partial charge >= 0.3 is 0 Å². The van der Waals surface area contributed by atoms with Crippen molar-refractivity contribution in [3.63, 3.8) is 0 Å². The Morgan fingerprint density at radius 3 is 3.00 bits per heavy atom. The molecule has 1 rings (SSSR count). The largest absolute Gasteiger partial charge is 0.333 e. The van der Waals surface area contributed by atoms with Crippen LogP contribution < -0.4 is 5.73 Å². The Labute approximate surface area is 87.0 Å². The second-order valence-electron chi connectivity index (χ2n) is 3.38. The monoisotopic (exact) mass is 215 g/mol. The number of nitrogens with two attached hydrogens (primary N) is 1. The van der Waals surface area contributed by atoms with Gasteiger partial charge in [-0.15, -0.1) is 0 Å². The standard InChI is InChI=1S/C9H17N3OS/c1-8(14(2)13)3-4-12-7-11-6-9(12)5-10/h6-8H,3-5,10H2,1-2H3. The minimum absolute atomic E-state index is 0.225. The molecule has 0 saturated carbocycles. The minimum Gasteiger partial charge on any atom is -0.333 e. The van der Waals surface area contributed by atoms with E-state index in [2.05, 4.69) is 4.98 Å². The molecule has 0 bridgehead atoms. The van der Waals surface area contributed by atoms with Crippen LogP contribution in [0.3, 0.4) is 0 Å². The summed E-state index contributed by atoms with van der Waals surface area (Å²) >= 11 is 0. The molecule has 2 N–H and O–H groups in total. The van der Waals surface area contributed by atoms with Crippen molar-refractivity contribution in [2.24, 2.45) is 5.73 Å². The van der Waals surface area contributed by atoms with E-state index in [-0.39, 0.29) is 5.25 Å². The summed E-state index contributed by atoms with van der Waals surface area (Å²) in [5.41, 5.74) is 6.57. The van der Waals surface area contributed by atoms with Gasteiger partial charge in [-0.25, -0.2) is 4.98 Å². The first-order valence-corrected chi connectivity index (χ1v) is 6.28. The SMILES string of the molecule is CC(CCn1cncc1CN)S(C)=O. The van der Waals surface area contributed by atoms with Gasteiger partial charge in [0, 0.05) is 41.6 Å². The molecule has 0 saturated heterocycles. The van der Waals surface area contributed by atoms with E-state index in [9.17, 15) is 4.21 Å². The van der Waals surface area contributed by atoms with Crippen LogP contribution in [0.2, 0.25) is 0 Å². The molecular formula is C9H17N3OS. The molecule has 4 nitrogen and oxygen atoms in total. The lowest BCUT2D eigenvalue weighted by Crippen LogP contribution is -2.14. The predicted octanol–water partition coefficient (Wildman–Crippen LogP) is 0.499. The van der Waals surface area contributed by atoms with Gasteiger partial charge in [0.05, 0.1) is 12.0 Å². The third-order valence-corrected chi connectivity index (χ3v) is 3.72. The van der Waals surface area contributed by atoms with Gasteiger partial charge in [-0.3, -0.25) is 4.21 Å². The third-order valence-electron chi connectivity index (χ3n) is 2.35. The van der Waals surface area contributed by atoms with E-state index >= 15 is 0 Å². The molecule has 14 heavy (non-hydrogen) atoms. The van der Waals surface area contributed by atoms with E-state index in [0.29, 0.717) is 6.54 Å². The summed E-state index contributed by atoms with van der Waals surface area (Å²) in [4.78, 5) is 4.02. The highest BCUT2D eigenvalue weighted by molar-refractivity contribution is 7.84. The van der Waals surface area contributed by atoms with Gasteiger partial charge < -0.3 is 10.3 Å². The van der Waals surface area contributed by atoms with Crippen LogP contribution in [-0.4, -0.2) is 25.3 Å². The van der Waals surface area contributed by atoms with Gasteiger partial charge in [0.15, 0.2) is 0 Å². The number of imidazole rings is 1. The van der Waals surface area contributed by atoms with Crippen LogP contribution in [-0.2, 0) is 23.9 Å². The topological polar surface area (TPSA) is 60.9 Å². The zero-order valence-electron chi connectivity index (χ0n) is 8.64. The van der Waals surface area contributed by atoms with E-state index in [4.69, 9.17) is 5.73 Å². The fourth-order valence-corrected chi connectivity index (χ4v) is 1.64. The summed E-state index contributed by atoms with van der Waals surface area (Å²) in [5, 5.41) is 0.225. The first-order valence-electron chi connectivity index (χ1n) is 4.66. The average molecular weight is 215 g/mol. The second-order valence-corrected chi connectivity index (χ2v) is 5.18. The number of hydrogen-bond donors (Lipinski definition) is 1. The fourth-order valence-electron chi connectivity index (χ4n) is 1.21. The maximum atomic E-state index is 11.1.